The van der Waals surface area contributed by atoms with Crippen molar-refractivity contribution >= 4 is 16.6 Å². The van der Waals surface area contributed by atoms with E-state index < -0.39 is 5.63 Å². The highest BCUT2D eigenvalue weighted by Crippen LogP contribution is 2.28. The fourth-order valence-electron chi connectivity index (χ4n) is 2.54. The minimum atomic E-state index is -0.441. The van der Waals surface area contributed by atoms with E-state index in [1.807, 2.05) is 12.1 Å². The molecule has 0 aliphatic carbocycles. The molecular weight excluding hydrogens is 308 g/mol. The van der Waals surface area contributed by atoms with Crippen molar-refractivity contribution in [2.75, 3.05) is 14.2 Å². The van der Waals surface area contributed by atoms with Gasteiger partial charge >= 0.3 is 5.63 Å². The molecule has 0 fully saturated rings. The quantitative estimate of drug-likeness (QED) is 0.674. The molecule has 3 aromatic rings. The van der Waals surface area contributed by atoms with Gasteiger partial charge in [-0.25, -0.2) is 4.79 Å². The maximum absolute atomic E-state index is 12.5. The molecule has 0 saturated carbocycles. The van der Waals surface area contributed by atoms with Crippen LogP contribution in [0.5, 0.6) is 11.5 Å². The molecule has 24 heavy (non-hydrogen) atoms. The zero-order chi connectivity index (χ0) is 17.1. The predicted molar refractivity (Wildman–Crippen MR) is 90.1 cm³/mol. The van der Waals surface area contributed by atoms with Crippen LogP contribution in [0.25, 0.3) is 10.8 Å². The Kier molecular flexibility index (Phi) is 4.33. The van der Waals surface area contributed by atoms with Crippen LogP contribution in [-0.4, -0.2) is 20.0 Å². The number of ketones is 1. The summed E-state index contributed by atoms with van der Waals surface area (Å²) in [5.74, 6) is 1.18. The third kappa shape index (κ3) is 3.01. The van der Waals surface area contributed by atoms with Crippen molar-refractivity contribution in [2.24, 2.45) is 0 Å². The topological polar surface area (TPSA) is 65.7 Å². The summed E-state index contributed by atoms with van der Waals surface area (Å²) in [5, 5.41) is 1.25. The van der Waals surface area contributed by atoms with E-state index in [0.29, 0.717) is 28.2 Å². The lowest BCUT2D eigenvalue weighted by molar-refractivity contribution is 0.0985. The van der Waals surface area contributed by atoms with Crippen LogP contribution in [0.1, 0.15) is 16.1 Å². The molecule has 0 spiro atoms. The van der Waals surface area contributed by atoms with Gasteiger partial charge in [-0.05, 0) is 35.7 Å². The molecule has 0 amide bonds. The Morgan fingerprint density at radius 2 is 1.75 bits per heavy atom. The minimum Gasteiger partial charge on any atom is -0.493 e. The van der Waals surface area contributed by atoms with E-state index in [4.69, 9.17) is 13.9 Å². The zero-order valence-electron chi connectivity index (χ0n) is 13.4. The van der Waals surface area contributed by atoms with Crippen LogP contribution in [0.15, 0.2) is 57.7 Å². The van der Waals surface area contributed by atoms with Crippen LogP contribution in [0.3, 0.4) is 0 Å². The van der Waals surface area contributed by atoms with E-state index in [1.165, 1.54) is 14.2 Å². The molecule has 0 atom stereocenters. The van der Waals surface area contributed by atoms with Crippen LogP contribution in [0, 0.1) is 0 Å². The summed E-state index contributed by atoms with van der Waals surface area (Å²) in [6.07, 6.45) is -0.00441. The number of carbonyl (C=O) groups is 1. The number of benzene rings is 2. The lowest BCUT2D eigenvalue weighted by Gasteiger charge is -2.09. The Bertz CT molecular complexity index is 955. The van der Waals surface area contributed by atoms with Gasteiger partial charge < -0.3 is 13.9 Å². The second kappa shape index (κ2) is 6.58. The van der Waals surface area contributed by atoms with Crippen LogP contribution in [-0.2, 0) is 6.42 Å². The zero-order valence-corrected chi connectivity index (χ0v) is 13.4. The van der Waals surface area contributed by atoms with Crippen molar-refractivity contribution in [1.82, 2.24) is 0 Å². The fraction of sp³-hybridized carbons (Fsp3) is 0.158. The summed E-state index contributed by atoms with van der Waals surface area (Å²) in [4.78, 5) is 24.5. The van der Waals surface area contributed by atoms with Gasteiger partial charge in [0.15, 0.2) is 17.3 Å². The molecule has 2 aromatic carbocycles. The highest BCUT2D eigenvalue weighted by atomic mass is 16.5. The maximum Gasteiger partial charge on any atom is 0.343 e. The standard InChI is InChI=1S/C19H16O5/c1-22-17-8-7-13(10-18(17)23-2)16(20)11-14-9-12-5-3-4-6-15(12)19(21)24-14/h3-10H,11H2,1-2H3. The summed E-state index contributed by atoms with van der Waals surface area (Å²) >= 11 is 0. The fourth-order valence-corrected chi connectivity index (χ4v) is 2.54. The molecule has 0 radical (unpaired) electrons. The number of methoxy groups -OCH3 is 2. The summed E-state index contributed by atoms with van der Waals surface area (Å²) < 4.78 is 15.6. The van der Waals surface area contributed by atoms with E-state index in [-0.39, 0.29) is 12.2 Å². The first-order chi connectivity index (χ1) is 11.6. The van der Waals surface area contributed by atoms with Gasteiger partial charge in [-0.1, -0.05) is 18.2 Å². The third-order valence-corrected chi connectivity index (χ3v) is 3.76. The molecule has 5 heteroatoms. The Balaban J connectivity index is 1.91. The van der Waals surface area contributed by atoms with Gasteiger partial charge in [-0.3, -0.25) is 4.79 Å². The highest BCUT2D eigenvalue weighted by molar-refractivity contribution is 5.98. The molecule has 1 heterocycles. The second-order valence-corrected chi connectivity index (χ2v) is 5.26. The molecule has 1 aromatic heterocycles. The number of fused-ring (bicyclic) bond motifs is 1. The number of carbonyl (C=O) groups excluding carboxylic acids is 1. The smallest absolute Gasteiger partial charge is 0.343 e. The Morgan fingerprint density at radius 3 is 2.50 bits per heavy atom. The monoisotopic (exact) mass is 324 g/mol. The summed E-state index contributed by atoms with van der Waals surface area (Å²) in [7, 11) is 3.04. The summed E-state index contributed by atoms with van der Waals surface area (Å²) in [5.41, 5.74) is 0.0201. The van der Waals surface area contributed by atoms with Gasteiger partial charge in [0.2, 0.25) is 0 Å². The average molecular weight is 324 g/mol. The SMILES string of the molecule is COc1ccc(C(=O)Cc2cc3ccccc3c(=O)o2)cc1OC. The third-order valence-electron chi connectivity index (χ3n) is 3.76. The first-order valence-electron chi connectivity index (χ1n) is 7.39. The van der Waals surface area contributed by atoms with E-state index >= 15 is 0 Å². The van der Waals surface area contributed by atoms with Crippen molar-refractivity contribution in [1.29, 1.82) is 0 Å². The molecule has 3 rings (SSSR count). The molecular formula is C19H16O5. The maximum atomic E-state index is 12.5. The Hall–Kier alpha value is -3.08. The number of ether oxygens (including phenoxy) is 2. The molecule has 5 nitrogen and oxygen atoms in total. The van der Waals surface area contributed by atoms with E-state index in [2.05, 4.69) is 0 Å². The lowest BCUT2D eigenvalue weighted by Crippen LogP contribution is -2.08. The van der Waals surface area contributed by atoms with Gasteiger partial charge in [0.25, 0.3) is 0 Å². The lowest BCUT2D eigenvalue weighted by atomic mass is 10.0. The Morgan fingerprint density at radius 1 is 1.00 bits per heavy atom. The normalized spacial score (nSPS) is 10.6. The van der Waals surface area contributed by atoms with E-state index in [9.17, 15) is 9.59 Å². The molecule has 0 aliphatic rings. The average Bonchev–Trinajstić information content (AvgIpc) is 2.61. The first-order valence-corrected chi connectivity index (χ1v) is 7.39. The first kappa shape index (κ1) is 15.8. The molecule has 0 bridgehead atoms. The molecule has 0 saturated heterocycles. The Labute approximate surface area is 138 Å². The number of rotatable bonds is 5. The summed E-state index contributed by atoms with van der Waals surface area (Å²) in [6.45, 7) is 0. The van der Waals surface area contributed by atoms with Crippen molar-refractivity contribution in [3.8, 4) is 11.5 Å². The molecule has 0 aliphatic heterocycles. The van der Waals surface area contributed by atoms with Crippen LogP contribution in [0.2, 0.25) is 0 Å². The van der Waals surface area contributed by atoms with Crippen molar-refractivity contribution in [2.45, 2.75) is 6.42 Å². The molecule has 0 N–H and O–H groups in total. The second-order valence-electron chi connectivity index (χ2n) is 5.26. The van der Waals surface area contributed by atoms with E-state index in [0.717, 1.165) is 5.39 Å². The highest BCUT2D eigenvalue weighted by Gasteiger charge is 2.14. The van der Waals surface area contributed by atoms with Gasteiger partial charge in [0.05, 0.1) is 26.0 Å². The van der Waals surface area contributed by atoms with Crippen molar-refractivity contribution in [3.63, 3.8) is 0 Å². The number of Topliss-reactive ketones (excluding diaryl/α,β-unsaturated/α-hetero) is 1. The van der Waals surface area contributed by atoms with Gasteiger partial charge in [0, 0.05) is 5.56 Å². The number of hydrogen-bond acceptors (Lipinski definition) is 5. The predicted octanol–water partition coefficient (Wildman–Crippen LogP) is 3.24. The van der Waals surface area contributed by atoms with Gasteiger partial charge in [0.1, 0.15) is 5.76 Å². The van der Waals surface area contributed by atoms with E-state index in [1.54, 1.807) is 36.4 Å². The molecule has 122 valence electrons. The minimum absolute atomic E-state index is 0.00441. The van der Waals surface area contributed by atoms with Crippen LogP contribution < -0.4 is 15.1 Å². The number of hydrogen-bond donors (Lipinski definition) is 0. The van der Waals surface area contributed by atoms with Crippen molar-refractivity contribution in [3.05, 3.63) is 70.3 Å². The summed E-state index contributed by atoms with van der Waals surface area (Å²) in [6, 6.07) is 13.8. The van der Waals surface area contributed by atoms with Crippen molar-refractivity contribution < 1.29 is 18.7 Å². The van der Waals surface area contributed by atoms with Crippen LogP contribution >= 0.6 is 0 Å². The van der Waals surface area contributed by atoms with Crippen LogP contribution in [0.4, 0.5) is 0 Å². The molecule has 0 unspecified atom stereocenters. The van der Waals surface area contributed by atoms with Gasteiger partial charge in [-0.2, -0.15) is 0 Å². The van der Waals surface area contributed by atoms with Gasteiger partial charge in [-0.15, -0.1) is 0 Å². The largest absolute Gasteiger partial charge is 0.493 e.